The molecule has 0 saturated carbocycles. The number of carbonyl (C=O) groups excluding carboxylic acids is 1. The summed E-state index contributed by atoms with van der Waals surface area (Å²) in [7, 11) is -1.85. The van der Waals surface area contributed by atoms with Gasteiger partial charge in [-0.2, -0.15) is 13.2 Å². The minimum absolute atomic E-state index is 0.110. The van der Waals surface area contributed by atoms with E-state index in [2.05, 4.69) is 5.32 Å². The summed E-state index contributed by atoms with van der Waals surface area (Å²) in [6.07, 6.45) is -4.57. The lowest BCUT2D eigenvalue weighted by molar-refractivity contribution is -0.137. The molecule has 1 atom stereocenters. The minimum atomic E-state index is -4.46. The molecule has 104 valence electrons. The van der Waals surface area contributed by atoms with E-state index >= 15 is 0 Å². The van der Waals surface area contributed by atoms with Crippen LogP contribution in [-0.4, -0.2) is 29.0 Å². The van der Waals surface area contributed by atoms with Crippen molar-refractivity contribution in [3.8, 4) is 0 Å². The van der Waals surface area contributed by atoms with E-state index in [9.17, 15) is 18.0 Å². The number of hydrogen-bond acceptors (Lipinski definition) is 3. The van der Waals surface area contributed by atoms with Gasteiger partial charge >= 0.3 is 13.3 Å². The first-order valence-corrected chi connectivity index (χ1v) is 5.49. The van der Waals surface area contributed by atoms with Crippen molar-refractivity contribution in [2.75, 3.05) is 0 Å². The van der Waals surface area contributed by atoms with Crippen LogP contribution in [0.1, 0.15) is 18.1 Å². The summed E-state index contributed by atoms with van der Waals surface area (Å²) in [6, 6.07) is 4.49. The van der Waals surface area contributed by atoms with Crippen LogP contribution in [0.15, 0.2) is 24.3 Å². The molecule has 19 heavy (non-hydrogen) atoms. The largest absolute Gasteiger partial charge is 0.475 e. The molecule has 1 unspecified atom stereocenters. The Bertz CT molecular complexity index is 451. The molecular formula is C11H13BF3NO3. The van der Waals surface area contributed by atoms with Crippen LogP contribution in [-0.2, 0) is 17.4 Å². The molecule has 0 bridgehead atoms. The molecule has 0 fully saturated rings. The number of alkyl halides is 3. The second kappa shape index (κ2) is 6.07. The third kappa shape index (κ3) is 4.92. The molecule has 1 amide bonds. The van der Waals surface area contributed by atoms with Crippen molar-refractivity contribution in [2.24, 2.45) is 0 Å². The van der Waals surface area contributed by atoms with Gasteiger partial charge in [-0.15, -0.1) is 0 Å². The highest BCUT2D eigenvalue weighted by Crippen LogP contribution is 2.29. The number of amides is 1. The van der Waals surface area contributed by atoms with Crippen LogP contribution < -0.4 is 5.32 Å². The van der Waals surface area contributed by atoms with E-state index in [0.29, 0.717) is 0 Å². The quantitative estimate of drug-likeness (QED) is 0.711. The second-order valence-electron chi connectivity index (χ2n) is 4.12. The number of nitrogens with one attached hydrogen (secondary N) is 1. The van der Waals surface area contributed by atoms with Gasteiger partial charge in [-0.1, -0.05) is 18.2 Å². The highest BCUT2D eigenvalue weighted by molar-refractivity contribution is 6.43. The van der Waals surface area contributed by atoms with Crippen molar-refractivity contribution in [1.82, 2.24) is 5.32 Å². The average molecular weight is 275 g/mol. The van der Waals surface area contributed by atoms with E-state index in [1.54, 1.807) is 0 Å². The summed E-state index contributed by atoms with van der Waals surface area (Å²) in [5.74, 6) is -1.55. The van der Waals surface area contributed by atoms with Gasteiger partial charge in [0.1, 0.15) is 0 Å². The predicted octanol–water partition coefficient (Wildman–Crippen LogP) is 0.765. The first-order chi connectivity index (χ1) is 8.70. The Morgan fingerprint density at radius 3 is 2.53 bits per heavy atom. The van der Waals surface area contributed by atoms with Gasteiger partial charge < -0.3 is 15.4 Å². The Kier molecular flexibility index (Phi) is 4.96. The SMILES string of the molecule is CC(=O)NC(Cc1cccc(C(F)(F)F)c1)B(O)O. The molecule has 0 aliphatic carbocycles. The molecule has 0 heterocycles. The van der Waals surface area contributed by atoms with Crippen LogP contribution in [0.25, 0.3) is 0 Å². The lowest BCUT2D eigenvalue weighted by Gasteiger charge is -2.17. The fourth-order valence-corrected chi connectivity index (χ4v) is 1.62. The molecule has 0 aliphatic rings. The van der Waals surface area contributed by atoms with Gasteiger partial charge in [-0.05, 0) is 18.1 Å². The third-order valence-corrected chi connectivity index (χ3v) is 2.46. The van der Waals surface area contributed by atoms with Crippen molar-refractivity contribution in [1.29, 1.82) is 0 Å². The summed E-state index contributed by atoms with van der Waals surface area (Å²) < 4.78 is 37.5. The predicted molar refractivity (Wildman–Crippen MR) is 62.9 cm³/mol. The van der Waals surface area contributed by atoms with Crippen LogP contribution in [0, 0.1) is 0 Å². The van der Waals surface area contributed by atoms with E-state index < -0.39 is 30.7 Å². The number of hydrogen-bond donors (Lipinski definition) is 3. The summed E-state index contributed by atoms with van der Waals surface area (Å²) in [6.45, 7) is 1.18. The second-order valence-corrected chi connectivity index (χ2v) is 4.12. The van der Waals surface area contributed by atoms with E-state index in [4.69, 9.17) is 10.0 Å². The van der Waals surface area contributed by atoms with Crippen LogP contribution >= 0.6 is 0 Å². The Morgan fingerprint density at radius 1 is 1.42 bits per heavy atom. The molecule has 0 saturated heterocycles. The number of benzene rings is 1. The van der Waals surface area contributed by atoms with Crippen molar-refractivity contribution >= 4 is 13.0 Å². The van der Waals surface area contributed by atoms with Crippen molar-refractivity contribution < 1.29 is 28.0 Å². The Labute approximate surface area is 108 Å². The third-order valence-electron chi connectivity index (χ3n) is 2.46. The molecule has 0 aliphatic heterocycles. The normalized spacial score (nSPS) is 12.9. The minimum Gasteiger partial charge on any atom is -0.426 e. The maximum Gasteiger partial charge on any atom is 0.475 e. The first kappa shape index (κ1) is 15.5. The van der Waals surface area contributed by atoms with Gasteiger partial charge in [0.15, 0.2) is 0 Å². The van der Waals surface area contributed by atoms with Gasteiger partial charge in [-0.3, -0.25) is 4.79 Å². The zero-order valence-electron chi connectivity index (χ0n) is 10.1. The Hall–Kier alpha value is -1.54. The topological polar surface area (TPSA) is 69.6 Å². The molecule has 0 aromatic heterocycles. The van der Waals surface area contributed by atoms with E-state index in [1.165, 1.54) is 19.1 Å². The summed E-state index contributed by atoms with van der Waals surface area (Å²) >= 11 is 0. The maximum atomic E-state index is 12.5. The van der Waals surface area contributed by atoms with Gasteiger partial charge in [-0.25, -0.2) is 0 Å². The van der Waals surface area contributed by atoms with Crippen LogP contribution in [0.3, 0.4) is 0 Å². The van der Waals surface area contributed by atoms with Crippen molar-refractivity contribution in [2.45, 2.75) is 25.5 Å². The number of carbonyl (C=O) groups is 1. The summed E-state index contributed by atoms with van der Waals surface area (Å²) in [4.78, 5) is 10.9. The van der Waals surface area contributed by atoms with Gasteiger partial charge in [0.05, 0.1) is 11.5 Å². The standard InChI is InChI=1S/C11H13BF3NO3/c1-7(17)16-10(12(18)19)6-8-3-2-4-9(5-8)11(13,14)15/h2-5,10,18-19H,6H2,1H3,(H,16,17). The van der Waals surface area contributed by atoms with Gasteiger partial charge in [0.25, 0.3) is 0 Å². The lowest BCUT2D eigenvalue weighted by Crippen LogP contribution is -2.47. The average Bonchev–Trinajstić information content (AvgIpc) is 2.26. The first-order valence-electron chi connectivity index (χ1n) is 5.49. The van der Waals surface area contributed by atoms with Gasteiger partial charge in [0.2, 0.25) is 5.91 Å². The fraction of sp³-hybridized carbons (Fsp3) is 0.364. The molecule has 0 radical (unpaired) electrons. The molecular weight excluding hydrogens is 262 g/mol. The number of rotatable bonds is 4. The monoisotopic (exact) mass is 275 g/mol. The Morgan fingerprint density at radius 2 is 2.05 bits per heavy atom. The van der Waals surface area contributed by atoms with Crippen LogP contribution in [0.4, 0.5) is 13.2 Å². The lowest BCUT2D eigenvalue weighted by atomic mass is 9.76. The zero-order valence-corrected chi connectivity index (χ0v) is 10.1. The molecule has 1 aromatic carbocycles. The molecule has 0 spiro atoms. The summed E-state index contributed by atoms with van der Waals surface area (Å²) in [5.41, 5.74) is -0.569. The van der Waals surface area contributed by atoms with Crippen molar-refractivity contribution in [3.63, 3.8) is 0 Å². The van der Waals surface area contributed by atoms with E-state index in [1.807, 2.05) is 0 Å². The molecule has 1 rings (SSSR count). The van der Waals surface area contributed by atoms with E-state index in [-0.39, 0.29) is 12.0 Å². The molecule has 3 N–H and O–H groups in total. The van der Waals surface area contributed by atoms with Crippen LogP contribution in [0.5, 0.6) is 0 Å². The highest BCUT2D eigenvalue weighted by atomic mass is 19.4. The summed E-state index contributed by atoms with van der Waals surface area (Å²) in [5, 5.41) is 20.4. The van der Waals surface area contributed by atoms with Gasteiger partial charge in [0, 0.05) is 6.92 Å². The van der Waals surface area contributed by atoms with Crippen molar-refractivity contribution in [3.05, 3.63) is 35.4 Å². The maximum absolute atomic E-state index is 12.5. The molecule has 8 heteroatoms. The van der Waals surface area contributed by atoms with Crippen LogP contribution in [0.2, 0.25) is 0 Å². The van der Waals surface area contributed by atoms with E-state index in [0.717, 1.165) is 12.1 Å². The highest BCUT2D eigenvalue weighted by Gasteiger charge is 2.31. The fourth-order valence-electron chi connectivity index (χ4n) is 1.62. The molecule has 1 aromatic rings. The number of halogens is 3. The smallest absolute Gasteiger partial charge is 0.426 e. The zero-order chi connectivity index (χ0) is 14.6. The Balaban J connectivity index is 2.88. The molecule has 4 nitrogen and oxygen atoms in total.